The number of fused-ring (bicyclic) bond motifs is 1. The van der Waals surface area contributed by atoms with Crippen LogP contribution >= 0.6 is 0 Å². The van der Waals surface area contributed by atoms with Gasteiger partial charge in [-0.15, -0.1) is 0 Å². The Bertz CT molecular complexity index is 637. The molecule has 22 heavy (non-hydrogen) atoms. The van der Waals surface area contributed by atoms with E-state index in [1.54, 1.807) is 0 Å². The van der Waals surface area contributed by atoms with Crippen molar-refractivity contribution >= 4 is 5.91 Å². The summed E-state index contributed by atoms with van der Waals surface area (Å²) in [5, 5.41) is 3.97. The Morgan fingerprint density at radius 2 is 2.18 bits per heavy atom. The zero-order valence-corrected chi connectivity index (χ0v) is 12.7. The Kier molecular flexibility index (Phi) is 4.42. The van der Waals surface area contributed by atoms with E-state index < -0.39 is 0 Å². The summed E-state index contributed by atoms with van der Waals surface area (Å²) in [7, 11) is 0. The summed E-state index contributed by atoms with van der Waals surface area (Å²) in [4.78, 5) is 14.1. The molecule has 0 saturated carbocycles. The van der Waals surface area contributed by atoms with Gasteiger partial charge >= 0.3 is 0 Å². The molecule has 116 valence electrons. The third-order valence-electron chi connectivity index (χ3n) is 3.93. The fourth-order valence-corrected chi connectivity index (χ4v) is 2.68. The normalized spacial score (nSPS) is 13.8. The van der Waals surface area contributed by atoms with E-state index in [2.05, 4.69) is 5.16 Å². The van der Waals surface area contributed by atoms with Crippen molar-refractivity contribution in [2.75, 3.05) is 13.2 Å². The Labute approximate surface area is 129 Å². The molecule has 1 aliphatic heterocycles. The maximum absolute atomic E-state index is 12.2. The number of carbonyl (C=O) groups excluding carboxylic acids is 1. The van der Waals surface area contributed by atoms with Crippen LogP contribution in [0.25, 0.3) is 0 Å². The topological polar surface area (TPSA) is 55.6 Å². The van der Waals surface area contributed by atoms with E-state index in [0.29, 0.717) is 26.0 Å². The van der Waals surface area contributed by atoms with Gasteiger partial charge in [0.05, 0.1) is 18.8 Å². The lowest BCUT2D eigenvalue weighted by molar-refractivity contribution is -0.132. The summed E-state index contributed by atoms with van der Waals surface area (Å²) in [6.07, 6.45) is 2.04. The van der Waals surface area contributed by atoms with Crippen molar-refractivity contribution in [2.45, 2.75) is 32.7 Å². The summed E-state index contributed by atoms with van der Waals surface area (Å²) in [6, 6.07) is 9.66. The van der Waals surface area contributed by atoms with Crippen LogP contribution in [0.1, 0.15) is 29.9 Å². The van der Waals surface area contributed by atoms with Crippen LogP contribution in [0.15, 0.2) is 34.9 Å². The van der Waals surface area contributed by atoms with E-state index in [9.17, 15) is 4.79 Å². The summed E-state index contributed by atoms with van der Waals surface area (Å²) in [6.45, 7) is 3.78. The quantitative estimate of drug-likeness (QED) is 0.797. The summed E-state index contributed by atoms with van der Waals surface area (Å²) >= 11 is 0. The van der Waals surface area contributed by atoms with Gasteiger partial charge in [0.15, 0.2) is 5.76 Å². The molecular weight excluding hydrogens is 280 g/mol. The van der Waals surface area contributed by atoms with Crippen LogP contribution in [0.4, 0.5) is 0 Å². The van der Waals surface area contributed by atoms with E-state index in [1.165, 1.54) is 0 Å². The third kappa shape index (κ3) is 3.30. The van der Waals surface area contributed by atoms with E-state index in [0.717, 1.165) is 35.7 Å². The van der Waals surface area contributed by atoms with Gasteiger partial charge in [0.25, 0.3) is 0 Å². The van der Waals surface area contributed by atoms with Crippen LogP contribution in [0.2, 0.25) is 0 Å². The molecule has 0 radical (unpaired) electrons. The monoisotopic (exact) mass is 300 g/mol. The number of aryl methyl sites for hydroxylation is 1. The summed E-state index contributed by atoms with van der Waals surface area (Å²) < 4.78 is 10.9. The first-order valence-electron chi connectivity index (χ1n) is 7.63. The zero-order chi connectivity index (χ0) is 15.4. The van der Waals surface area contributed by atoms with E-state index >= 15 is 0 Å². The van der Waals surface area contributed by atoms with E-state index in [1.807, 2.05) is 42.2 Å². The van der Waals surface area contributed by atoms with E-state index in [-0.39, 0.29) is 5.91 Å². The van der Waals surface area contributed by atoms with Crippen LogP contribution in [-0.4, -0.2) is 29.1 Å². The molecular formula is C17H20N2O3. The fraction of sp³-hybridized carbons (Fsp3) is 0.412. The molecule has 1 aliphatic rings. The molecule has 0 N–H and O–H groups in total. The maximum atomic E-state index is 12.2. The SMILES string of the molecule is Cc1noc2c1CCN(C(=O)CCCOc1ccccc1)C2. The molecule has 5 nitrogen and oxygen atoms in total. The molecule has 0 unspecified atom stereocenters. The number of para-hydroxylation sites is 1. The Hall–Kier alpha value is -2.30. The second kappa shape index (κ2) is 6.64. The number of hydrogen-bond acceptors (Lipinski definition) is 4. The van der Waals surface area contributed by atoms with Crippen LogP contribution in [-0.2, 0) is 17.8 Å². The lowest BCUT2D eigenvalue weighted by Gasteiger charge is -2.25. The van der Waals surface area contributed by atoms with Gasteiger partial charge in [-0.25, -0.2) is 0 Å². The predicted molar refractivity (Wildman–Crippen MR) is 81.5 cm³/mol. The number of carbonyl (C=O) groups is 1. The molecule has 0 atom stereocenters. The average Bonchev–Trinajstić information content (AvgIpc) is 2.93. The largest absolute Gasteiger partial charge is 0.494 e. The van der Waals surface area contributed by atoms with Crippen molar-refractivity contribution in [3.8, 4) is 5.75 Å². The van der Waals surface area contributed by atoms with Crippen molar-refractivity contribution in [2.24, 2.45) is 0 Å². The highest BCUT2D eigenvalue weighted by Crippen LogP contribution is 2.22. The number of nitrogens with zero attached hydrogens (tertiary/aromatic N) is 2. The first-order chi connectivity index (χ1) is 10.7. The third-order valence-corrected chi connectivity index (χ3v) is 3.93. The smallest absolute Gasteiger partial charge is 0.223 e. The van der Waals surface area contributed by atoms with Crippen LogP contribution in [0, 0.1) is 6.92 Å². The first-order valence-corrected chi connectivity index (χ1v) is 7.63. The molecule has 0 spiro atoms. The van der Waals surface area contributed by atoms with Crippen molar-refractivity contribution in [3.05, 3.63) is 47.3 Å². The van der Waals surface area contributed by atoms with Gasteiger partial charge in [-0.2, -0.15) is 0 Å². The second-order valence-corrected chi connectivity index (χ2v) is 5.50. The first kappa shape index (κ1) is 14.6. The highest BCUT2D eigenvalue weighted by molar-refractivity contribution is 5.76. The summed E-state index contributed by atoms with van der Waals surface area (Å²) in [5.41, 5.74) is 2.11. The number of amides is 1. The molecule has 2 heterocycles. The minimum Gasteiger partial charge on any atom is -0.494 e. The molecule has 2 aromatic rings. The molecule has 0 saturated heterocycles. The van der Waals surface area contributed by atoms with Gasteiger partial charge < -0.3 is 14.2 Å². The number of aromatic nitrogens is 1. The molecule has 3 rings (SSSR count). The van der Waals surface area contributed by atoms with Crippen LogP contribution < -0.4 is 4.74 Å². The molecule has 1 aromatic carbocycles. The minimum absolute atomic E-state index is 0.149. The standard InChI is InChI=1S/C17H20N2O3/c1-13-15-9-10-19(12-16(15)22-18-13)17(20)8-5-11-21-14-6-3-2-4-7-14/h2-4,6-7H,5,8-12H2,1H3. The lowest BCUT2D eigenvalue weighted by Crippen LogP contribution is -2.35. The van der Waals surface area contributed by atoms with Crippen molar-refractivity contribution in [3.63, 3.8) is 0 Å². The average molecular weight is 300 g/mol. The Morgan fingerprint density at radius 1 is 1.36 bits per heavy atom. The van der Waals surface area contributed by atoms with Gasteiger partial charge in [-0.05, 0) is 31.9 Å². The van der Waals surface area contributed by atoms with E-state index in [4.69, 9.17) is 9.26 Å². The van der Waals surface area contributed by atoms with Gasteiger partial charge in [-0.3, -0.25) is 4.79 Å². The number of hydrogen-bond donors (Lipinski definition) is 0. The molecule has 1 aromatic heterocycles. The number of rotatable bonds is 5. The maximum Gasteiger partial charge on any atom is 0.223 e. The molecule has 0 fully saturated rings. The van der Waals surface area contributed by atoms with Crippen molar-refractivity contribution in [1.82, 2.24) is 10.1 Å². The lowest BCUT2D eigenvalue weighted by atomic mass is 10.1. The Morgan fingerprint density at radius 3 is 3.00 bits per heavy atom. The van der Waals surface area contributed by atoms with Gasteiger partial charge in [0.1, 0.15) is 5.75 Å². The summed E-state index contributed by atoms with van der Waals surface area (Å²) in [5.74, 6) is 1.82. The fourth-order valence-electron chi connectivity index (χ4n) is 2.68. The van der Waals surface area contributed by atoms with Crippen molar-refractivity contribution < 1.29 is 14.1 Å². The minimum atomic E-state index is 0.149. The second-order valence-electron chi connectivity index (χ2n) is 5.50. The number of ether oxygens (including phenoxy) is 1. The Balaban J connectivity index is 1.43. The highest BCUT2D eigenvalue weighted by Gasteiger charge is 2.25. The van der Waals surface area contributed by atoms with Crippen LogP contribution in [0.3, 0.4) is 0 Å². The number of benzene rings is 1. The molecule has 0 aliphatic carbocycles. The van der Waals surface area contributed by atoms with Crippen LogP contribution in [0.5, 0.6) is 5.75 Å². The molecule has 1 amide bonds. The zero-order valence-electron chi connectivity index (χ0n) is 12.7. The van der Waals surface area contributed by atoms with Gasteiger partial charge in [0.2, 0.25) is 5.91 Å². The highest BCUT2D eigenvalue weighted by atomic mass is 16.5. The van der Waals surface area contributed by atoms with Gasteiger partial charge in [0, 0.05) is 18.5 Å². The predicted octanol–water partition coefficient (Wildman–Crippen LogP) is 2.73. The molecule has 0 bridgehead atoms. The molecule has 5 heteroatoms. The van der Waals surface area contributed by atoms with Gasteiger partial charge in [-0.1, -0.05) is 23.4 Å². The van der Waals surface area contributed by atoms with Crippen molar-refractivity contribution in [1.29, 1.82) is 0 Å².